The van der Waals surface area contributed by atoms with E-state index in [0.29, 0.717) is 16.7 Å². The van der Waals surface area contributed by atoms with Gasteiger partial charge in [-0.1, -0.05) is 24.3 Å². The molecule has 0 amide bonds. The van der Waals surface area contributed by atoms with E-state index in [1.54, 1.807) is 6.07 Å². The number of aromatic nitrogens is 1. The summed E-state index contributed by atoms with van der Waals surface area (Å²) in [7, 11) is 1.97. The molecule has 0 saturated heterocycles. The van der Waals surface area contributed by atoms with Crippen molar-refractivity contribution in [2.24, 2.45) is 7.05 Å². The maximum atomic E-state index is 15.4. The Kier molecular flexibility index (Phi) is 5.66. The zero-order valence-corrected chi connectivity index (χ0v) is 24.3. The van der Waals surface area contributed by atoms with Gasteiger partial charge in [-0.25, -0.2) is 0 Å². The van der Waals surface area contributed by atoms with Gasteiger partial charge in [0.05, 0.1) is 0 Å². The molecule has 2 heterocycles. The topological polar surface area (TPSA) is 40.8 Å². The summed E-state index contributed by atoms with van der Waals surface area (Å²) in [5.41, 5.74) is 6.29. The summed E-state index contributed by atoms with van der Waals surface area (Å²) in [6, 6.07) is 26.4. The van der Waals surface area contributed by atoms with Crippen LogP contribution in [0, 0.1) is 24.1 Å². The van der Waals surface area contributed by atoms with Crippen LogP contribution >= 0.6 is 0 Å². The molecule has 0 bridgehead atoms. The van der Waals surface area contributed by atoms with Gasteiger partial charge in [-0.2, -0.15) is 0 Å². The molecule has 0 atom stereocenters. The summed E-state index contributed by atoms with van der Waals surface area (Å²) in [6.07, 6.45) is 1.96. The Balaban J connectivity index is 1.67. The van der Waals surface area contributed by atoms with Crippen molar-refractivity contribution in [3.8, 4) is 28.5 Å². The summed E-state index contributed by atoms with van der Waals surface area (Å²) < 4.78 is 25.0. The molecule has 0 unspecified atom stereocenters. The number of hydrogen-bond acceptors (Lipinski definition) is 2. The molecule has 6 aromatic rings. The van der Waals surface area contributed by atoms with Gasteiger partial charge >= 0.3 is 195 Å². The molecule has 0 N–H and O–H groups in total. The average molecular weight is 560 g/mol. The molecule has 3 nitrogen and oxygen atoms in total. The van der Waals surface area contributed by atoms with Crippen LogP contribution in [-0.4, -0.2) is 13.3 Å². The molecule has 4 aromatic carbocycles. The van der Waals surface area contributed by atoms with E-state index in [2.05, 4.69) is 59.7 Å². The van der Waals surface area contributed by atoms with Crippen LogP contribution in [0.3, 0.4) is 0 Å². The summed E-state index contributed by atoms with van der Waals surface area (Å²) in [5.74, 6) is 6.45. The predicted molar refractivity (Wildman–Crippen MR) is 156 cm³/mol. The molecule has 186 valence electrons. The van der Waals surface area contributed by atoms with Crippen LogP contribution in [0.5, 0.6) is 0 Å². The minimum absolute atomic E-state index is 0.151. The third-order valence-corrected chi connectivity index (χ3v) is 11.6. The molecule has 0 spiro atoms. The first-order valence-electron chi connectivity index (χ1n) is 12.8. The van der Waals surface area contributed by atoms with E-state index in [1.807, 2.05) is 55.1 Å². The Hall–Kier alpha value is -3.95. The Morgan fingerprint density at radius 2 is 1.53 bits per heavy atom. The first-order chi connectivity index (χ1) is 18.2. The molecule has 6 rings (SSSR count). The van der Waals surface area contributed by atoms with Gasteiger partial charge in [0.1, 0.15) is 0 Å². The quantitative estimate of drug-likeness (QED) is 0.164. The standard InChI is InChI=1S/C33H28FGeN2O/c1-20-10-14-25-26-15-13-24(18-36)31(23-12-11-21-8-6-7-9-22(21)16-23)33(26)38-32(25)30(20)29-17-27(34)28(19-37(29)5)35(2,3)4/h6-17,19H,1-5H3/q+1. The van der Waals surface area contributed by atoms with Crippen LogP contribution in [0.15, 0.2) is 83.4 Å². The summed E-state index contributed by atoms with van der Waals surface area (Å²) in [5, 5.41) is 14.2. The van der Waals surface area contributed by atoms with E-state index in [9.17, 15) is 5.26 Å². The number of nitriles is 1. The first-order valence-corrected chi connectivity index (χ1v) is 20.1. The van der Waals surface area contributed by atoms with Crippen molar-refractivity contribution in [3.63, 3.8) is 0 Å². The molecule has 38 heavy (non-hydrogen) atoms. The van der Waals surface area contributed by atoms with Crippen LogP contribution in [-0.2, 0) is 7.05 Å². The Morgan fingerprint density at radius 3 is 2.24 bits per heavy atom. The van der Waals surface area contributed by atoms with Crippen molar-refractivity contribution in [2.75, 3.05) is 0 Å². The molecular formula is C33H28FGeN2O+. The van der Waals surface area contributed by atoms with Gasteiger partial charge in [-0.15, -0.1) is 0 Å². The van der Waals surface area contributed by atoms with Crippen LogP contribution in [0.1, 0.15) is 11.1 Å². The van der Waals surface area contributed by atoms with E-state index in [1.165, 1.54) is 0 Å². The number of pyridine rings is 1. The molecular weight excluding hydrogens is 532 g/mol. The summed E-state index contributed by atoms with van der Waals surface area (Å²) >= 11 is -2.39. The Morgan fingerprint density at radius 1 is 0.842 bits per heavy atom. The Labute approximate surface area is 224 Å². The van der Waals surface area contributed by atoms with E-state index in [0.717, 1.165) is 53.9 Å². The zero-order chi connectivity index (χ0) is 26.8. The number of rotatable bonds is 3. The summed E-state index contributed by atoms with van der Waals surface area (Å²) in [4.78, 5) is 0. The third kappa shape index (κ3) is 3.81. The SMILES string of the molecule is Cc1ccc2c(oc3c(-c4ccc5ccccc5c4)c(C#N)ccc32)c1-c1cc(F)[c]([Ge]([CH3])([CH3])[CH3])c[n+]1C. The molecule has 0 saturated carbocycles. The predicted octanol–water partition coefficient (Wildman–Crippen LogP) is 7.76. The number of hydrogen-bond donors (Lipinski definition) is 0. The fourth-order valence-electron chi connectivity index (χ4n) is 5.47. The first kappa shape index (κ1) is 24.4. The van der Waals surface area contributed by atoms with Gasteiger partial charge in [0.2, 0.25) is 0 Å². The molecule has 2 aromatic heterocycles. The monoisotopic (exact) mass is 561 g/mol. The van der Waals surface area contributed by atoms with Crippen molar-refractivity contribution >= 4 is 50.4 Å². The fraction of sp³-hybridized carbons (Fsp3) is 0.152. The molecule has 0 aliphatic heterocycles. The van der Waals surface area contributed by atoms with Gasteiger partial charge < -0.3 is 0 Å². The number of benzene rings is 4. The van der Waals surface area contributed by atoms with Crippen molar-refractivity contribution in [1.82, 2.24) is 0 Å². The number of aryl methyl sites for hydroxylation is 2. The molecule has 0 aliphatic rings. The maximum absolute atomic E-state index is 15.4. The van der Waals surface area contributed by atoms with Gasteiger partial charge in [-0.3, -0.25) is 0 Å². The van der Waals surface area contributed by atoms with Crippen molar-refractivity contribution in [1.29, 1.82) is 5.26 Å². The van der Waals surface area contributed by atoms with Gasteiger partial charge in [0.15, 0.2) is 0 Å². The second kappa shape index (κ2) is 8.82. The second-order valence-electron chi connectivity index (χ2n) is 11.1. The van der Waals surface area contributed by atoms with Crippen LogP contribution in [0.4, 0.5) is 4.39 Å². The van der Waals surface area contributed by atoms with Gasteiger partial charge in [0, 0.05) is 0 Å². The van der Waals surface area contributed by atoms with Crippen LogP contribution in [0.25, 0.3) is 55.1 Å². The van der Waals surface area contributed by atoms with E-state index >= 15 is 4.39 Å². The number of fused-ring (bicyclic) bond motifs is 4. The fourth-order valence-corrected chi connectivity index (χ4v) is 8.34. The van der Waals surface area contributed by atoms with Crippen molar-refractivity contribution < 1.29 is 13.4 Å². The van der Waals surface area contributed by atoms with Crippen LogP contribution < -0.4 is 8.96 Å². The Bertz CT molecular complexity index is 1960. The van der Waals surface area contributed by atoms with Crippen molar-refractivity contribution in [3.05, 3.63) is 95.9 Å². The van der Waals surface area contributed by atoms with Crippen molar-refractivity contribution in [2.45, 2.75) is 24.2 Å². The van der Waals surface area contributed by atoms with E-state index < -0.39 is 13.3 Å². The molecule has 5 heteroatoms. The molecule has 0 aliphatic carbocycles. The van der Waals surface area contributed by atoms with Crippen LogP contribution in [0.2, 0.25) is 17.3 Å². The minimum atomic E-state index is -2.39. The van der Waals surface area contributed by atoms with Gasteiger partial charge in [0.25, 0.3) is 0 Å². The normalized spacial score (nSPS) is 11.9. The molecule has 0 fully saturated rings. The number of furan rings is 1. The second-order valence-corrected chi connectivity index (χ2v) is 21.6. The van der Waals surface area contributed by atoms with E-state index in [-0.39, 0.29) is 5.82 Å². The average Bonchev–Trinajstić information content (AvgIpc) is 3.27. The third-order valence-electron chi connectivity index (χ3n) is 7.46. The van der Waals surface area contributed by atoms with Gasteiger partial charge in [-0.05, 0) is 5.39 Å². The van der Waals surface area contributed by atoms with E-state index in [4.69, 9.17) is 4.42 Å². The molecule has 0 radical (unpaired) electrons. The zero-order valence-electron chi connectivity index (χ0n) is 22.2. The summed E-state index contributed by atoms with van der Waals surface area (Å²) in [6.45, 7) is 2.03. The number of halogens is 1. The number of nitrogens with zero attached hydrogens (tertiary/aromatic N) is 2.